The van der Waals surface area contributed by atoms with Crippen LogP contribution in [0.15, 0.2) is 78.9 Å². The molecule has 1 heterocycles. The standard InChI is InChI=1S/C32H34N2O7/c1-20(40-18-21-9-3-2-4-10-21)28(30(35)33-17-22-15-16-39-29(22)31(36)37)34-32(38)41-19-27-25-13-7-5-11-23(25)24-12-6-8-14-26(24)27/h2-14,20,22,27-29H,15-19H2,1H3,(H,33,35)(H,34,38)(H,36,37)/t20-,22-,28+,29-/m0/s1. The van der Waals surface area contributed by atoms with Gasteiger partial charge >= 0.3 is 12.1 Å². The van der Waals surface area contributed by atoms with Crippen LogP contribution in [0.5, 0.6) is 0 Å². The number of carbonyl (C=O) groups excluding carboxylic acids is 2. The molecule has 0 spiro atoms. The molecule has 3 aromatic rings. The molecule has 41 heavy (non-hydrogen) atoms. The first kappa shape index (κ1) is 28.3. The van der Waals surface area contributed by atoms with Crippen LogP contribution < -0.4 is 10.6 Å². The summed E-state index contributed by atoms with van der Waals surface area (Å²) < 4.78 is 16.9. The lowest BCUT2D eigenvalue weighted by molar-refractivity contribution is -0.149. The molecule has 2 amide bonds. The zero-order chi connectivity index (χ0) is 28.8. The van der Waals surface area contributed by atoms with Crippen molar-refractivity contribution < 1.29 is 33.7 Å². The van der Waals surface area contributed by atoms with Crippen molar-refractivity contribution >= 4 is 18.0 Å². The topological polar surface area (TPSA) is 123 Å². The SMILES string of the molecule is C[C@H](OCc1ccccc1)[C@@H](NC(=O)OCC1c2ccccc2-c2ccccc21)C(=O)NC[C@@H]1CCO[C@@H]1C(=O)O. The van der Waals surface area contributed by atoms with Crippen LogP contribution in [0.25, 0.3) is 11.1 Å². The predicted octanol–water partition coefficient (Wildman–Crippen LogP) is 4.10. The monoisotopic (exact) mass is 558 g/mol. The number of carboxylic acids is 1. The molecule has 0 bridgehead atoms. The Morgan fingerprint density at radius 1 is 0.951 bits per heavy atom. The van der Waals surface area contributed by atoms with Gasteiger partial charge in [0.15, 0.2) is 6.10 Å². The van der Waals surface area contributed by atoms with E-state index in [-0.39, 0.29) is 31.6 Å². The van der Waals surface area contributed by atoms with Crippen molar-refractivity contribution in [2.24, 2.45) is 5.92 Å². The van der Waals surface area contributed by atoms with E-state index in [1.54, 1.807) is 6.92 Å². The van der Waals surface area contributed by atoms with Crippen molar-refractivity contribution in [3.63, 3.8) is 0 Å². The van der Waals surface area contributed by atoms with Gasteiger partial charge in [0.1, 0.15) is 12.6 Å². The summed E-state index contributed by atoms with van der Waals surface area (Å²) in [6.45, 7) is 2.47. The fraction of sp³-hybridized carbons (Fsp3) is 0.344. The van der Waals surface area contributed by atoms with Gasteiger partial charge < -0.3 is 30.0 Å². The summed E-state index contributed by atoms with van der Waals surface area (Å²) >= 11 is 0. The van der Waals surface area contributed by atoms with E-state index >= 15 is 0 Å². The van der Waals surface area contributed by atoms with E-state index in [4.69, 9.17) is 14.2 Å². The molecule has 0 aromatic heterocycles. The first-order valence-electron chi connectivity index (χ1n) is 13.8. The lowest BCUT2D eigenvalue weighted by Gasteiger charge is -2.26. The van der Waals surface area contributed by atoms with Gasteiger partial charge in [0.2, 0.25) is 5.91 Å². The Bertz CT molecular complexity index is 1330. The molecule has 1 saturated heterocycles. The Kier molecular flexibility index (Phi) is 8.96. The van der Waals surface area contributed by atoms with Gasteiger partial charge in [0.25, 0.3) is 0 Å². The molecule has 0 saturated carbocycles. The van der Waals surface area contributed by atoms with Crippen LogP contribution in [0.1, 0.15) is 36.0 Å². The van der Waals surface area contributed by atoms with Crippen molar-refractivity contribution in [2.45, 2.75) is 44.1 Å². The summed E-state index contributed by atoms with van der Waals surface area (Å²) in [6, 6.07) is 24.5. The van der Waals surface area contributed by atoms with Crippen LogP contribution in [-0.4, -0.2) is 61.1 Å². The second-order valence-electron chi connectivity index (χ2n) is 10.4. The van der Waals surface area contributed by atoms with Crippen LogP contribution >= 0.6 is 0 Å². The van der Waals surface area contributed by atoms with E-state index in [0.29, 0.717) is 13.0 Å². The predicted molar refractivity (Wildman–Crippen MR) is 151 cm³/mol. The molecule has 3 aromatic carbocycles. The van der Waals surface area contributed by atoms with E-state index in [2.05, 4.69) is 22.8 Å². The van der Waals surface area contributed by atoms with Gasteiger partial charge in [-0.2, -0.15) is 0 Å². The molecule has 1 aliphatic heterocycles. The number of ether oxygens (including phenoxy) is 3. The maximum atomic E-state index is 13.3. The maximum absolute atomic E-state index is 13.3. The summed E-state index contributed by atoms with van der Waals surface area (Å²) in [5, 5.41) is 14.9. The highest BCUT2D eigenvalue weighted by Gasteiger charge is 2.36. The maximum Gasteiger partial charge on any atom is 0.407 e. The number of fused-ring (bicyclic) bond motifs is 3. The molecule has 0 radical (unpaired) electrons. The van der Waals surface area contributed by atoms with Gasteiger partial charge in [-0.05, 0) is 41.2 Å². The Labute approximate surface area is 238 Å². The highest BCUT2D eigenvalue weighted by atomic mass is 16.6. The highest BCUT2D eigenvalue weighted by Crippen LogP contribution is 2.44. The number of nitrogens with one attached hydrogen (secondary N) is 2. The number of aliphatic carboxylic acids is 1. The van der Waals surface area contributed by atoms with Crippen molar-refractivity contribution in [1.82, 2.24) is 10.6 Å². The molecule has 1 aliphatic carbocycles. The summed E-state index contributed by atoms with van der Waals surface area (Å²) in [5.41, 5.74) is 5.33. The van der Waals surface area contributed by atoms with Gasteiger partial charge in [0.05, 0.1) is 12.7 Å². The fourth-order valence-electron chi connectivity index (χ4n) is 5.52. The minimum atomic E-state index is -1.07. The van der Waals surface area contributed by atoms with Gasteiger partial charge in [-0.3, -0.25) is 4.79 Å². The molecule has 214 valence electrons. The molecule has 2 aliphatic rings. The number of hydrogen-bond acceptors (Lipinski definition) is 6. The fourth-order valence-corrected chi connectivity index (χ4v) is 5.52. The Hall–Kier alpha value is -4.21. The van der Waals surface area contributed by atoms with Crippen molar-refractivity contribution in [3.05, 3.63) is 95.6 Å². The molecule has 4 atom stereocenters. The third-order valence-corrected chi connectivity index (χ3v) is 7.72. The van der Waals surface area contributed by atoms with Crippen molar-refractivity contribution in [1.29, 1.82) is 0 Å². The number of hydrogen-bond donors (Lipinski definition) is 3. The number of carboxylic acid groups (broad SMARTS) is 1. The van der Waals surface area contributed by atoms with Crippen LogP contribution in [0.4, 0.5) is 4.79 Å². The highest BCUT2D eigenvalue weighted by molar-refractivity contribution is 5.86. The Morgan fingerprint density at radius 3 is 2.24 bits per heavy atom. The lowest BCUT2D eigenvalue weighted by Crippen LogP contribution is -2.54. The molecule has 0 unspecified atom stereocenters. The molecule has 9 nitrogen and oxygen atoms in total. The first-order valence-corrected chi connectivity index (χ1v) is 13.8. The van der Waals surface area contributed by atoms with E-state index in [1.165, 1.54) is 0 Å². The molecular weight excluding hydrogens is 524 g/mol. The Balaban J connectivity index is 1.24. The molecule has 5 rings (SSSR count). The smallest absolute Gasteiger partial charge is 0.407 e. The summed E-state index contributed by atoms with van der Waals surface area (Å²) in [4.78, 5) is 37.8. The number of carbonyl (C=O) groups is 3. The van der Waals surface area contributed by atoms with Crippen LogP contribution in [-0.2, 0) is 30.4 Å². The molecule has 3 N–H and O–H groups in total. The second kappa shape index (κ2) is 13.0. The van der Waals surface area contributed by atoms with Crippen molar-refractivity contribution in [2.75, 3.05) is 19.8 Å². The van der Waals surface area contributed by atoms with Crippen molar-refractivity contribution in [3.8, 4) is 11.1 Å². The lowest BCUT2D eigenvalue weighted by atomic mass is 9.98. The quantitative estimate of drug-likeness (QED) is 0.324. The number of alkyl carbamates (subject to hydrolysis) is 1. The largest absolute Gasteiger partial charge is 0.479 e. The first-order chi connectivity index (χ1) is 19.9. The summed E-state index contributed by atoms with van der Waals surface area (Å²) in [7, 11) is 0. The average Bonchev–Trinajstić information content (AvgIpc) is 3.60. The third kappa shape index (κ3) is 6.58. The zero-order valence-corrected chi connectivity index (χ0v) is 22.8. The summed E-state index contributed by atoms with van der Waals surface area (Å²) in [5.74, 6) is -2.04. The zero-order valence-electron chi connectivity index (χ0n) is 22.8. The van der Waals surface area contributed by atoms with E-state index in [9.17, 15) is 19.5 Å². The number of rotatable bonds is 11. The van der Waals surface area contributed by atoms with Gasteiger partial charge in [0, 0.05) is 25.0 Å². The van der Waals surface area contributed by atoms with E-state index < -0.39 is 36.2 Å². The molecule has 9 heteroatoms. The van der Waals surface area contributed by atoms with Crippen LogP contribution in [0, 0.1) is 5.92 Å². The number of benzene rings is 3. The van der Waals surface area contributed by atoms with Crippen LogP contribution in [0.3, 0.4) is 0 Å². The second-order valence-corrected chi connectivity index (χ2v) is 10.4. The average molecular weight is 559 g/mol. The molecular formula is C32H34N2O7. The normalized spacial score (nSPS) is 19.0. The molecule has 1 fully saturated rings. The van der Waals surface area contributed by atoms with Gasteiger partial charge in [-0.25, -0.2) is 9.59 Å². The number of amides is 2. The van der Waals surface area contributed by atoms with E-state index in [1.807, 2.05) is 66.7 Å². The van der Waals surface area contributed by atoms with E-state index in [0.717, 1.165) is 27.8 Å². The minimum absolute atomic E-state index is 0.101. The Morgan fingerprint density at radius 2 is 1.59 bits per heavy atom. The summed E-state index contributed by atoms with van der Waals surface area (Å²) in [6.07, 6.45) is -1.90. The minimum Gasteiger partial charge on any atom is -0.479 e. The van der Waals surface area contributed by atoms with Crippen LogP contribution in [0.2, 0.25) is 0 Å². The van der Waals surface area contributed by atoms with Gasteiger partial charge in [-0.1, -0.05) is 78.9 Å². The van der Waals surface area contributed by atoms with Gasteiger partial charge in [-0.15, -0.1) is 0 Å². The third-order valence-electron chi connectivity index (χ3n) is 7.72.